The van der Waals surface area contributed by atoms with E-state index in [2.05, 4.69) is 25.3 Å². The quantitative estimate of drug-likeness (QED) is 0.767. The van der Waals surface area contributed by atoms with Crippen molar-refractivity contribution in [3.05, 3.63) is 35.7 Å². The number of aryl methyl sites for hydroxylation is 1. The zero-order chi connectivity index (χ0) is 19.3. The van der Waals surface area contributed by atoms with Gasteiger partial charge in [-0.1, -0.05) is 12.1 Å². The van der Waals surface area contributed by atoms with Crippen LogP contribution in [0, 0.1) is 6.92 Å². The Balaban J connectivity index is 1.36. The second kappa shape index (κ2) is 8.82. The van der Waals surface area contributed by atoms with Crippen LogP contribution in [0.4, 0.5) is 0 Å². The van der Waals surface area contributed by atoms with Crippen LogP contribution in [0.15, 0.2) is 24.3 Å². The Bertz CT molecular complexity index is 780. The summed E-state index contributed by atoms with van der Waals surface area (Å²) < 4.78 is 1.70. The number of hydrogen-bond acceptors (Lipinski definition) is 5. The first-order valence-corrected chi connectivity index (χ1v) is 10.6. The molecule has 0 spiro atoms. The predicted molar refractivity (Wildman–Crippen MR) is 107 cm³/mol. The summed E-state index contributed by atoms with van der Waals surface area (Å²) in [5.41, 5.74) is 1.96. The van der Waals surface area contributed by atoms with Crippen LogP contribution < -0.4 is 0 Å². The third-order valence-corrected chi connectivity index (χ3v) is 6.09. The average molecular weight is 383 g/mol. The molecular weight excluding hydrogens is 352 g/mol. The van der Waals surface area contributed by atoms with E-state index in [1.165, 1.54) is 32.4 Å². The normalized spacial score (nSPS) is 20.6. The van der Waals surface area contributed by atoms with E-state index < -0.39 is 0 Å². The number of likely N-dealkylation sites (tertiary alicyclic amines) is 2. The van der Waals surface area contributed by atoms with Crippen molar-refractivity contribution in [3.63, 3.8) is 0 Å². The molecule has 1 aromatic heterocycles. The minimum atomic E-state index is 0.262. The summed E-state index contributed by atoms with van der Waals surface area (Å²) in [4.78, 5) is 17.7. The van der Waals surface area contributed by atoms with Crippen LogP contribution in [0.3, 0.4) is 0 Å². The number of hydrogen-bond donors (Lipinski definition) is 0. The summed E-state index contributed by atoms with van der Waals surface area (Å²) in [6.45, 7) is 6.37. The highest BCUT2D eigenvalue weighted by atomic mass is 16.2. The van der Waals surface area contributed by atoms with Crippen LogP contribution in [-0.4, -0.2) is 68.1 Å². The Kier molecular flexibility index (Phi) is 6.00. The monoisotopic (exact) mass is 382 g/mol. The van der Waals surface area contributed by atoms with Gasteiger partial charge in [0, 0.05) is 19.1 Å². The summed E-state index contributed by atoms with van der Waals surface area (Å²) in [5, 5.41) is 11.6. The standard InChI is InChI=1S/C21H30N6O/c1-17-22-23-24-27(17)20-9-7-18(8-10-20)16-21(28)26-14-3-2-6-19(26)11-15-25-12-4-5-13-25/h7-10,19H,2-6,11-16H2,1H3/t19-/m0/s1. The highest BCUT2D eigenvalue weighted by Crippen LogP contribution is 2.22. The fourth-order valence-corrected chi connectivity index (χ4v) is 4.47. The van der Waals surface area contributed by atoms with Crippen molar-refractivity contribution >= 4 is 5.91 Å². The van der Waals surface area contributed by atoms with Crippen LogP contribution in [-0.2, 0) is 11.2 Å². The third-order valence-electron chi connectivity index (χ3n) is 6.09. The van der Waals surface area contributed by atoms with E-state index in [1.54, 1.807) is 4.68 Å². The second-order valence-corrected chi connectivity index (χ2v) is 8.06. The summed E-state index contributed by atoms with van der Waals surface area (Å²) in [7, 11) is 0. The van der Waals surface area contributed by atoms with Gasteiger partial charge >= 0.3 is 0 Å². The lowest BCUT2D eigenvalue weighted by Gasteiger charge is -2.37. The molecule has 0 N–H and O–H groups in total. The fourth-order valence-electron chi connectivity index (χ4n) is 4.47. The zero-order valence-electron chi connectivity index (χ0n) is 16.8. The van der Waals surface area contributed by atoms with Crippen molar-refractivity contribution in [1.29, 1.82) is 0 Å². The molecule has 1 amide bonds. The molecule has 0 bridgehead atoms. The Hall–Kier alpha value is -2.28. The van der Waals surface area contributed by atoms with E-state index in [0.29, 0.717) is 12.5 Å². The molecule has 4 rings (SSSR count). The smallest absolute Gasteiger partial charge is 0.227 e. The molecule has 7 heteroatoms. The van der Waals surface area contributed by atoms with Gasteiger partial charge in [0.2, 0.25) is 5.91 Å². The maximum absolute atomic E-state index is 13.0. The maximum Gasteiger partial charge on any atom is 0.227 e. The minimum Gasteiger partial charge on any atom is -0.339 e. The molecule has 0 radical (unpaired) electrons. The van der Waals surface area contributed by atoms with Crippen molar-refractivity contribution in [2.24, 2.45) is 0 Å². The van der Waals surface area contributed by atoms with Gasteiger partial charge in [0.1, 0.15) is 0 Å². The predicted octanol–water partition coefficient (Wildman–Crippen LogP) is 2.38. The summed E-state index contributed by atoms with van der Waals surface area (Å²) in [5.74, 6) is 1.01. The highest BCUT2D eigenvalue weighted by molar-refractivity contribution is 5.79. The molecule has 3 heterocycles. The topological polar surface area (TPSA) is 67.2 Å². The van der Waals surface area contributed by atoms with Gasteiger partial charge < -0.3 is 9.80 Å². The highest BCUT2D eigenvalue weighted by Gasteiger charge is 2.27. The number of nitrogens with zero attached hydrogens (tertiary/aromatic N) is 6. The lowest BCUT2D eigenvalue weighted by atomic mass is 9.98. The Labute approximate surface area is 166 Å². The summed E-state index contributed by atoms with van der Waals surface area (Å²) >= 11 is 0. The lowest BCUT2D eigenvalue weighted by Crippen LogP contribution is -2.45. The molecule has 2 aromatic rings. The first-order chi connectivity index (χ1) is 13.7. The molecule has 150 valence electrons. The number of rotatable bonds is 6. The summed E-state index contributed by atoms with van der Waals surface area (Å²) in [6, 6.07) is 8.39. The number of benzene rings is 1. The van der Waals surface area contributed by atoms with Crippen molar-refractivity contribution in [2.45, 2.75) is 57.9 Å². The molecule has 7 nitrogen and oxygen atoms in total. The van der Waals surface area contributed by atoms with E-state index >= 15 is 0 Å². The van der Waals surface area contributed by atoms with Crippen LogP contribution in [0.2, 0.25) is 0 Å². The van der Waals surface area contributed by atoms with Gasteiger partial charge in [-0.05, 0) is 86.7 Å². The average Bonchev–Trinajstić information content (AvgIpc) is 3.39. The van der Waals surface area contributed by atoms with E-state index in [1.807, 2.05) is 31.2 Å². The number of amides is 1. The molecule has 2 fully saturated rings. The van der Waals surface area contributed by atoms with E-state index in [-0.39, 0.29) is 5.91 Å². The van der Waals surface area contributed by atoms with E-state index in [0.717, 1.165) is 49.4 Å². The minimum absolute atomic E-state index is 0.262. The molecule has 0 saturated carbocycles. The lowest BCUT2D eigenvalue weighted by molar-refractivity contribution is -0.134. The number of aromatic nitrogens is 4. The van der Waals surface area contributed by atoms with Gasteiger partial charge in [-0.25, -0.2) is 0 Å². The molecule has 2 aliphatic rings. The zero-order valence-corrected chi connectivity index (χ0v) is 16.8. The molecule has 28 heavy (non-hydrogen) atoms. The fraction of sp³-hybridized carbons (Fsp3) is 0.619. The van der Waals surface area contributed by atoms with E-state index in [9.17, 15) is 4.79 Å². The van der Waals surface area contributed by atoms with Gasteiger partial charge in [0.25, 0.3) is 0 Å². The molecule has 1 aromatic carbocycles. The van der Waals surface area contributed by atoms with Gasteiger partial charge in [-0.15, -0.1) is 5.10 Å². The largest absolute Gasteiger partial charge is 0.339 e. The molecular formula is C21H30N6O. The molecule has 2 aliphatic heterocycles. The Morgan fingerprint density at radius 3 is 2.54 bits per heavy atom. The third kappa shape index (κ3) is 4.41. The van der Waals surface area contributed by atoms with E-state index in [4.69, 9.17) is 0 Å². The van der Waals surface area contributed by atoms with Crippen LogP contribution in [0.5, 0.6) is 0 Å². The number of tetrazole rings is 1. The first-order valence-electron chi connectivity index (χ1n) is 10.6. The molecule has 1 atom stereocenters. The molecule has 0 aliphatic carbocycles. The second-order valence-electron chi connectivity index (χ2n) is 8.06. The number of carbonyl (C=O) groups excluding carboxylic acids is 1. The van der Waals surface area contributed by atoms with Gasteiger partial charge in [-0.3, -0.25) is 4.79 Å². The Morgan fingerprint density at radius 2 is 1.82 bits per heavy atom. The summed E-state index contributed by atoms with van der Waals surface area (Å²) in [6.07, 6.45) is 7.76. The van der Waals surface area contributed by atoms with Crippen molar-refractivity contribution in [2.75, 3.05) is 26.2 Å². The van der Waals surface area contributed by atoms with Crippen LogP contribution >= 0.6 is 0 Å². The first kappa shape index (κ1) is 19.1. The van der Waals surface area contributed by atoms with Gasteiger partial charge in [-0.2, -0.15) is 4.68 Å². The molecule has 0 unspecified atom stereocenters. The SMILES string of the molecule is Cc1nnnn1-c1ccc(CC(=O)N2CCCC[C@H]2CCN2CCCC2)cc1. The van der Waals surface area contributed by atoms with Crippen LogP contribution in [0.1, 0.15) is 49.9 Å². The van der Waals surface area contributed by atoms with Gasteiger partial charge in [0.05, 0.1) is 12.1 Å². The molecule has 2 saturated heterocycles. The maximum atomic E-state index is 13.0. The van der Waals surface area contributed by atoms with Crippen molar-refractivity contribution < 1.29 is 4.79 Å². The van der Waals surface area contributed by atoms with Gasteiger partial charge in [0.15, 0.2) is 5.82 Å². The number of carbonyl (C=O) groups is 1. The van der Waals surface area contributed by atoms with Crippen molar-refractivity contribution in [3.8, 4) is 5.69 Å². The van der Waals surface area contributed by atoms with Crippen molar-refractivity contribution in [1.82, 2.24) is 30.0 Å². The Morgan fingerprint density at radius 1 is 1.07 bits per heavy atom. The number of piperidine rings is 1. The van der Waals surface area contributed by atoms with Crippen LogP contribution in [0.25, 0.3) is 5.69 Å².